The molecule has 0 aliphatic rings. The fraction of sp³-hybridized carbons (Fsp3) is 0.174. The molecule has 2 heterocycles. The van der Waals surface area contributed by atoms with Crippen LogP contribution in [0.15, 0.2) is 40.6 Å². The minimum Gasteiger partial charge on any atom is -0.476 e. The third kappa shape index (κ3) is 4.97. The number of carboxylic acids is 1. The van der Waals surface area contributed by atoms with Crippen molar-refractivity contribution in [2.45, 2.75) is 30.2 Å². The van der Waals surface area contributed by atoms with Crippen molar-refractivity contribution in [1.82, 2.24) is 14.8 Å². The molecule has 0 aliphatic carbocycles. The summed E-state index contributed by atoms with van der Waals surface area (Å²) in [5, 5.41) is 16.2. The van der Waals surface area contributed by atoms with Crippen LogP contribution in [0.2, 0.25) is 15.1 Å². The molecule has 34 heavy (non-hydrogen) atoms. The Morgan fingerprint density at radius 1 is 1.12 bits per heavy atom. The van der Waals surface area contributed by atoms with Gasteiger partial charge in [0.1, 0.15) is 11.5 Å². The summed E-state index contributed by atoms with van der Waals surface area (Å²) in [5.41, 5.74) is 1.88. The summed E-state index contributed by atoms with van der Waals surface area (Å²) in [5.74, 6) is -1.67. The predicted molar refractivity (Wildman–Crippen MR) is 138 cm³/mol. The van der Waals surface area contributed by atoms with E-state index >= 15 is 0 Å². The largest absolute Gasteiger partial charge is 0.476 e. The van der Waals surface area contributed by atoms with Crippen molar-refractivity contribution in [3.05, 3.63) is 68.7 Å². The first-order valence-corrected chi connectivity index (χ1v) is 12.8. The van der Waals surface area contributed by atoms with Gasteiger partial charge in [-0.1, -0.05) is 60.0 Å². The lowest BCUT2D eigenvalue weighted by Gasteiger charge is -2.06. The van der Waals surface area contributed by atoms with Gasteiger partial charge in [-0.15, -0.1) is 11.8 Å². The van der Waals surface area contributed by atoms with Crippen molar-refractivity contribution in [3.8, 4) is 27.5 Å². The molecule has 0 radical (unpaired) electrons. The highest BCUT2D eigenvalue weighted by atomic mass is 35.5. The Kier molecular flexibility index (Phi) is 7.26. The molecule has 0 spiro atoms. The van der Waals surface area contributed by atoms with E-state index in [9.17, 15) is 14.3 Å². The molecule has 0 saturated heterocycles. The maximum atomic E-state index is 14.7. The number of nitrogens with zero attached hydrogens (tertiary/aromatic N) is 3. The Morgan fingerprint density at radius 2 is 1.79 bits per heavy atom. The minimum absolute atomic E-state index is 0.0937. The molecule has 4 aromatic rings. The Balaban J connectivity index is 1.96. The van der Waals surface area contributed by atoms with Gasteiger partial charge in [-0.05, 0) is 48.9 Å². The van der Waals surface area contributed by atoms with E-state index in [1.807, 2.05) is 13.8 Å². The number of aromatic nitrogens is 3. The van der Waals surface area contributed by atoms with Crippen LogP contribution in [0.25, 0.3) is 27.5 Å². The van der Waals surface area contributed by atoms with Crippen molar-refractivity contribution in [1.29, 1.82) is 0 Å². The molecule has 0 aliphatic heterocycles. The molecule has 0 saturated carbocycles. The fourth-order valence-corrected chi connectivity index (χ4v) is 6.60. The standard InChI is InChI=1S/C23H17Cl3FN3O2S2/c1-10(2)33-22-19(16-9-13(24)4-5-17(16)27)28-23(34-22)30-20(21(31)32)18(11(3)29-30)12-6-14(25)8-15(26)7-12/h4-10H,1-3H3,(H,31,32). The Morgan fingerprint density at radius 3 is 2.41 bits per heavy atom. The predicted octanol–water partition coefficient (Wildman–Crippen LogP) is 8.27. The molecule has 1 N–H and O–H groups in total. The average molecular weight is 557 g/mol. The number of aromatic carboxylic acids is 1. The van der Waals surface area contributed by atoms with Crippen LogP contribution in [0.3, 0.4) is 0 Å². The van der Waals surface area contributed by atoms with E-state index in [0.29, 0.717) is 37.6 Å². The molecular formula is C23H17Cl3FN3O2S2. The zero-order valence-electron chi connectivity index (χ0n) is 18.1. The van der Waals surface area contributed by atoms with Crippen LogP contribution in [0.5, 0.6) is 0 Å². The van der Waals surface area contributed by atoms with E-state index in [1.54, 1.807) is 25.1 Å². The second-order valence-electron chi connectivity index (χ2n) is 7.61. The first-order chi connectivity index (χ1) is 16.0. The van der Waals surface area contributed by atoms with E-state index in [2.05, 4.69) is 10.1 Å². The summed E-state index contributed by atoms with van der Waals surface area (Å²) in [6.07, 6.45) is 0. The van der Waals surface area contributed by atoms with Crippen LogP contribution >= 0.6 is 57.9 Å². The average Bonchev–Trinajstić information content (AvgIpc) is 3.29. The minimum atomic E-state index is -1.20. The highest BCUT2D eigenvalue weighted by molar-refractivity contribution is 8.01. The highest BCUT2D eigenvalue weighted by Crippen LogP contribution is 2.42. The van der Waals surface area contributed by atoms with Crippen molar-refractivity contribution < 1.29 is 14.3 Å². The van der Waals surface area contributed by atoms with Gasteiger partial charge in [0.05, 0.1) is 9.90 Å². The van der Waals surface area contributed by atoms with E-state index in [4.69, 9.17) is 34.8 Å². The molecule has 176 valence electrons. The number of thiazole rings is 1. The topological polar surface area (TPSA) is 68.0 Å². The molecule has 0 amide bonds. The molecule has 5 nitrogen and oxygen atoms in total. The number of benzene rings is 2. The number of halogens is 4. The zero-order valence-corrected chi connectivity index (χ0v) is 22.0. The van der Waals surface area contributed by atoms with Crippen molar-refractivity contribution >= 4 is 63.9 Å². The number of aryl methyl sites for hydroxylation is 1. The Labute approximate surface area is 218 Å². The number of carbonyl (C=O) groups is 1. The maximum Gasteiger partial charge on any atom is 0.355 e. The molecule has 2 aromatic carbocycles. The molecule has 0 atom stereocenters. The summed E-state index contributed by atoms with van der Waals surface area (Å²) in [4.78, 5) is 17.0. The number of hydrogen-bond donors (Lipinski definition) is 1. The summed E-state index contributed by atoms with van der Waals surface area (Å²) in [7, 11) is 0. The Bertz CT molecular complexity index is 1400. The zero-order chi connectivity index (χ0) is 24.7. The first kappa shape index (κ1) is 25.0. The lowest BCUT2D eigenvalue weighted by Crippen LogP contribution is -2.09. The van der Waals surface area contributed by atoms with E-state index < -0.39 is 11.8 Å². The number of carboxylic acid groups (broad SMARTS) is 1. The summed E-state index contributed by atoms with van der Waals surface area (Å²) in [6, 6.07) is 9.07. The summed E-state index contributed by atoms with van der Waals surface area (Å²) < 4.78 is 16.7. The van der Waals surface area contributed by atoms with Gasteiger partial charge in [0, 0.05) is 31.4 Å². The smallest absolute Gasteiger partial charge is 0.355 e. The quantitative estimate of drug-likeness (QED) is 0.242. The van der Waals surface area contributed by atoms with Gasteiger partial charge in [0.2, 0.25) is 5.13 Å². The second-order valence-corrected chi connectivity index (χ2v) is 11.7. The monoisotopic (exact) mass is 555 g/mol. The van der Waals surface area contributed by atoms with E-state index in [1.165, 1.54) is 46.0 Å². The molecule has 4 rings (SSSR count). The maximum absolute atomic E-state index is 14.7. The highest BCUT2D eigenvalue weighted by Gasteiger charge is 2.27. The summed E-state index contributed by atoms with van der Waals surface area (Å²) >= 11 is 21.2. The molecule has 11 heteroatoms. The van der Waals surface area contributed by atoms with Gasteiger partial charge in [-0.2, -0.15) is 9.78 Å². The van der Waals surface area contributed by atoms with Gasteiger partial charge in [-0.3, -0.25) is 0 Å². The van der Waals surface area contributed by atoms with Gasteiger partial charge in [0.25, 0.3) is 0 Å². The number of thioether (sulfide) groups is 1. The van der Waals surface area contributed by atoms with Gasteiger partial charge >= 0.3 is 5.97 Å². The van der Waals surface area contributed by atoms with E-state index in [0.717, 1.165) is 4.21 Å². The van der Waals surface area contributed by atoms with Gasteiger partial charge in [0.15, 0.2) is 5.69 Å². The molecule has 0 fully saturated rings. The third-order valence-corrected chi connectivity index (χ3v) is 7.62. The van der Waals surface area contributed by atoms with Gasteiger partial charge in [-0.25, -0.2) is 14.2 Å². The van der Waals surface area contributed by atoms with E-state index in [-0.39, 0.29) is 21.6 Å². The van der Waals surface area contributed by atoms with Crippen LogP contribution in [0.1, 0.15) is 30.0 Å². The van der Waals surface area contributed by atoms with Crippen LogP contribution in [-0.4, -0.2) is 31.1 Å². The third-order valence-electron chi connectivity index (χ3n) is 4.71. The number of hydrogen-bond acceptors (Lipinski definition) is 5. The Hall–Kier alpha value is -2.10. The fourth-order valence-electron chi connectivity index (χ4n) is 3.44. The normalized spacial score (nSPS) is 11.4. The molecule has 0 unspecified atom stereocenters. The second kappa shape index (κ2) is 9.87. The number of rotatable bonds is 6. The lowest BCUT2D eigenvalue weighted by atomic mass is 10.0. The van der Waals surface area contributed by atoms with Crippen LogP contribution in [0, 0.1) is 12.7 Å². The molecule has 2 aromatic heterocycles. The van der Waals surface area contributed by atoms with Crippen molar-refractivity contribution in [3.63, 3.8) is 0 Å². The van der Waals surface area contributed by atoms with Crippen molar-refractivity contribution in [2.24, 2.45) is 0 Å². The van der Waals surface area contributed by atoms with Crippen LogP contribution in [-0.2, 0) is 0 Å². The van der Waals surface area contributed by atoms with Crippen LogP contribution < -0.4 is 0 Å². The molecular weight excluding hydrogens is 540 g/mol. The first-order valence-electron chi connectivity index (χ1n) is 9.97. The van der Waals surface area contributed by atoms with Gasteiger partial charge < -0.3 is 5.11 Å². The summed E-state index contributed by atoms with van der Waals surface area (Å²) in [6.45, 7) is 5.70. The van der Waals surface area contributed by atoms with Crippen molar-refractivity contribution in [2.75, 3.05) is 0 Å². The van der Waals surface area contributed by atoms with Crippen LogP contribution in [0.4, 0.5) is 4.39 Å². The lowest BCUT2D eigenvalue weighted by molar-refractivity contribution is 0.0688. The SMILES string of the molecule is Cc1nn(-c2nc(-c3cc(Cl)ccc3F)c(SC(C)C)s2)c(C(=O)O)c1-c1cc(Cl)cc(Cl)c1. The molecule has 0 bridgehead atoms.